The molecule has 3 aliphatic rings. The highest BCUT2D eigenvalue weighted by Gasteiger charge is 2.62. The van der Waals surface area contributed by atoms with Crippen molar-refractivity contribution in [1.29, 1.82) is 0 Å². The predicted molar refractivity (Wildman–Crippen MR) is 90.8 cm³/mol. The number of hydrogen-bond acceptors (Lipinski definition) is 3. The normalized spacial score (nSPS) is 53.3. The Labute approximate surface area is 140 Å². The molecule has 0 aromatic rings. The molecule has 7 atom stereocenters. The molecule has 23 heavy (non-hydrogen) atoms. The third-order valence-electron chi connectivity index (χ3n) is 7.74. The maximum absolute atomic E-state index is 13.0. The summed E-state index contributed by atoms with van der Waals surface area (Å²) < 4.78 is 0. The second-order valence-electron chi connectivity index (χ2n) is 9.36. The molecule has 0 bridgehead atoms. The predicted octanol–water partition coefficient (Wildman–Crippen LogP) is 3.34. The van der Waals surface area contributed by atoms with E-state index in [2.05, 4.69) is 27.4 Å². The Balaban J connectivity index is 2.01. The third kappa shape index (κ3) is 2.42. The second kappa shape index (κ2) is 5.42. The largest absolute Gasteiger partial charge is 0.396 e. The van der Waals surface area contributed by atoms with E-state index in [1.54, 1.807) is 0 Å². The molecule has 3 fully saturated rings. The minimum absolute atomic E-state index is 0.0351. The molecule has 0 amide bonds. The van der Waals surface area contributed by atoms with Gasteiger partial charge in [0.05, 0.1) is 6.10 Å². The lowest BCUT2D eigenvalue weighted by molar-refractivity contribution is -0.182. The maximum Gasteiger partial charge on any atom is 0.136 e. The molecule has 0 spiro atoms. The minimum Gasteiger partial charge on any atom is -0.396 e. The number of ketones is 1. The summed E-state index contributed by atoms with van der Waals surface area (Å²) in [4.78, 5) is 13.0. The van der Waals surface area contributed by atoms with Crippen molar-refractivity contribution < 1.29 is 15.0 Å². The van der Waals surface area contributed by atoms with E-state index < -0.39 is 6.10 Å². The van der Waals surface area contributed by atoms with Crippen LogP contribution in [0.4, 0.5) is 0 Å². The fourth-order valence-corrected chi connectivity index (χ4v) is 6.40. The van der Waals surface area contributed by atoms with Crippen molar-refractivity contribution in [3.8, 4) is 0 Å². The van der Waals surface area contributed by atoms with E-state index in [0.29, 0.717) is 18.6 Å². The van der Waals surface area contributed by atoms with Gasteiger partial charge in [0, 0.05) is 24.9 Å². The SMILES string of the molecule is C=C[C@]1(C)C[C@@H](O)[C@H]2[C@H](C1)C(=O)C[C@H]1[C@@](C)(CO)CCC[C@@]21C. The number of aliphatic hydroxyl groups is 2. The van der Waals surface area contributed by atoms with Crippen LogP contribution in [0.3, 0.4) is 0 Å². The molecular weight excluding hydrogens is 288 g/mol. The van der Waals surface area contributed by atoms with E-state index in [4.69, 9.17) is 0 Å². The van der Waals surface area contributed by atoms with E-state index in [9.17, 15) is 15.0 Å². The van der Waals surface area contributed by atoms with Gasteiger partial charge in [-0.3, -0.25) is 4.79 Å². The van der Waals surface area contributed by atoms with E-state index in [0.717, 1.165) is 25.7 Å². The molecule has 3 heteroatoms. The van der Waals surface area contributed by atoms with Gasteiger partial charge in [-0.1, -0.05) is 33.3 Å². The monoisotopic (exact) mass is 320 g/mol. The average Bonchev–Trinajstić information content (AvgIpc) is 2.49. The summed E-state index contributed by atoms with van der Waals surface area (Å²) in [6.07, 6.45) is 6.67. The van der Waals surface area contributed by atoms with Crippen LogP contribution >= 0.6 is 0 Å². The number of fused-ring (bicyclic) bond motifs is 3. The van der Waals surface area contributed by atoms with Crippen molar-refractivity contribution in [2.45, 2.75) is 65.4 Å². The Bertz CT molecular complexity index is 515. The summed E-state index contributed by atoms with van der Waals surface area (Å²) >= 11 is 0. The van der Waals surface area contributed by atoms with Crippen LogP contribution in [0.1, 0.15) is 59.3 Å². The van der Waals surface area contributed by atoms with Gasteiger partial charge in [0.25, 0.3) is 0 Å². The first-order valence-corrected chi connectivity index (χ1v) is 9.14. The zero-order valence-corrected chi connectivity index (χ0v) is 14.8. The molecule has 130 valence electrons. The standard InChI is InChI=1S/C20H32O3/c1-5-18(2)10-13-14(22)9-16-19(3,12-21)7-6-8-20(16,4)17(13)15(23)11-18/h5,13,15-17,21,23H,1,6-12H2,2-4H3/t13-,15-,16+,17-,18+,19-,20-/m1/s1. The van der Waals surface area contributed by atoms with Crippen LogP contribution < -0.4 is 0 Å². The molecule has 0 aliphatic heterocycles. The number of Topliss-reactive ketones (excluding diaryl/α,β-unsaturated/α-hetero) is 1. The van der Waals surface area contributed by atoms with Crippen LogP contribution in [0.15, 0.2) is 12.7 Å². The van der Waals surface area contributed by atoms with Crippen LogP contribution in [0.2, 0.25) is 0 Å². The van der Waals surface area contributed by atoms with Crippen LogP contribution in [0, 0.1) is 34.0 Å². The van der Waals surface area contributed by atoms with Gasteiger partial charge in [0.1, 0.15) is 5.78 Å². The van der Waals surface area contributed by atoms with Crippen molar-refractivity contribution in [2.75, 3.05) is 6.61 Å². The number of hydrogen-bond donors (Lipinski definition) is 2. The molecule has 0 aromatic carbocycles. The summed E-state index contributed by atoms with van der Waals surface area (Å²) in [6.45, 7) is 10.6. The van der Waals surface area contributed by atoms with Crippen molar-refractivity contribution in [3.63, 3.8) is 0 Å². The maximum atomic E-state index is 13.0. The van der Waals surface area contributed by atoms with E-state index in [1.165, 1.54) is 0 Å². The Morgan fingerprint density at radius 3 is 2.57 bits per heavy atom. The number of carbonyl (C=O) groups is 1. The van der Waals surface area contributed by atoms with E-state index in [1.807, 2.05) is 6.08 Å². The van der Waals surface area contributed by atoms with Crippen molar-refractivity contribution in [2.24, 2.45) is 34.0 Å². The fraction of sp³-hybridized carbons (Fsp3) is 0.850. The summed E-state index contributed by atoms with van der Waals surface area (Å²) in [5.41, 5.74) is -0.378. The Kier molecular flexibility index (Phi) is 4.04. The smallest absolute Gasteiger partial charge is 0.136 e. The summed E-state index contributed by atoms with van der Waals surface area (Å²) in [5, 5.41) is 21.0. The van der Waals surface area contributed by atoms with Gasteiger partial charge in [-0.25, -0.2) is 0 Å². The van der Waals surface area contributed by atoms with E-state index in [-0.39, 0.29) is 40.6 Å². The molecule has 0 radical (unpaired) electrons. The summed E-state index contributed by atoms with van der Waals surface area (Å²) in [5.74, 6) is 0.466. The Hall–Kier alpha value is -0.670. The van der Waals surface area contributed by atoms with Crippen molar-refractivity contribution >= 4 is 5.78 Å². The van der Waals surface area contributed by atoms with Crippen LogP contribution in [-0.2, 0) is 4.79 Å². The highest BCUT2D eigenvalue weighted by Crippen LogP contribution is 2.64. The zero-order valence-electron chi connectivity index (χ0n) is 14.8. The molecule has 3 nitrogen and oxygen atoms in total. The Morgan fingerprint density at radius 2 is 1.96 bits per heavy atom. The van der Waals surface area contributed by atoms with Crippen LogP contribution in [0.5, 0.6) is 0 Å². The molecule has 3 saturated carbocycles. The number of carbonyl (C=O) groups excluding carboxylic acids is 1. The van der Waals surface area contributed by atoms with Gasteiger partial charge in [-0.2, -0.15) is 0 Å². The molecule has 0 unspecified atom stereocenters. The Morgan fingerprint density at radius 1 is 1.26 bits per heavy atom. The lowest BCUT2D eigenvalue weighted by Gasteiger charge is -2.62. The van der Waals surface area contributed by atoms with E-state index >= 15 is 0 Å². The van der Waals surface area contributed by atoms with Crippen molar-refractivity contribution in [3.05, 3.63) is 12.7 Å². The quantitative estimate of drug-likeness (QED) is 0.767. The first kappa shape index (κ1) is 17.2. The third-order valence-corrected chi connectivity index (χ3v) is 7.74. The molecular formula is C20H32O3. The summed E-state index contributed by atoms with van der Waals surface area (Å²) in [7, 11) is 0. The van der Waals surface area contributed by atoms with Gasteiger partial charge in [-0.05, 0) is 47.8 Å². The van der Waals surface area contributed by atoms with Gasteiger partial charge >= 0.3 is 0 Å². The number of aliphatic hydroxyl groups excluding tert-OH is 2. The van der Waals surface area contributed by atoms with Crippen LogP contribution in [-0.4, -0.2) is 28.7 Å². The summed E-state index contributed by atoms with van der Waals surface area (Å²) in [6, 6.07) is 0. The molecule has 3 aliphatic carbocycles. The molecule has 0 saturated heterocycles. The van der Waals surface area contributed by atoms with Gasteiger partial charge < -0.3 is 10.2 Å². The molecule has 2 N–H and O–H groups in total. The lowest BCUT2D eigenvalue weighted by atomic mass is 9.42. The second-order valence-corrected chi connectivity index (χ2v) is 9.36. The molecule has 3 rings (SSSR count). The van der Waals surface area contributed by atoms with Gasteiger partial charge in [-0.15, -0.1) is 6.58 Å². The molecule has 0 aromatic heterocycles. The fourth-order valence-electron chi connectivity index (χ4n) is 6.40. The molecule has 0 heterocycles. The van der Waals surface area contributed by atoms with Gasteiger partial charge in [0.2, 0.25) is 0 Å². The van der Waals surface area contributed by atoms with Crippen LogP contribution in [0.25, 0.3) is 0 Å². The number of allylic oxidation sites excluding steroid dienone is 1. The highest BCUT2D eigenvalue weighted by molar-refractivity contribution is 5.83. The lowest BCUT2D eigenvalue weighted by Crippen LogP contribution is -2.61. The zero-order chi connectivity index (χ0) is 17.0. The minimum atomic E-state index is -0.449. The highest BCUT2D eigenvalue weighted by atomic mass is 16.3. The first-order chi connectivity index (χ1) is 10.7. The first-order valence-electron chi connectivity index (χ1n) is 9.14. The average molecular weight is 320 g/mol. The number of rotatable bonds is 2. The topological polar surface area (TPSA) is 57.5 Å². The van der Waals surface area contributed by atoms with Crippen molar-refractivity contribution in [1.82, 2.24) is 0 Å². The van der Waals surface area contributed by atoms with Gasteiger partial charge in [0.15, 0.2) is 0 Å².